The lowest BCUT2D eigenvalue weighted by Gasteiger charge is -2.19. The van der Waals surface area contributed by atoms with Gasteiger partial charge in [-0.2, -0.15) is 0 Å². The molecule has 2 aliphatic heterocycles. The van der Waals surface area contributed by atoms with Gasteiger partial charge in [0.25, 0.3) is 0 Å². The maximum absolute atomic E-state index is 5.83. The number of nitrogens with one attached hydrogen (secondary N) is 1. The average Bonchev–Trinajstić information content (AvgIpc) is 2.78. The molecule has 0 fully saturated rings. The summed E-state index contributed by atoms with van der Waals surface area (Å²) in [7, 11) is 0. The van der Waals surface area contributed by atoms with Gasteiger partial charge in [-0.3, -0.25) is 0 Å². The van der Waals surface area contributed by atoms with Gasteiger partial charge in [0.1, 0.15) is 11.8 Å². The maximum atomic E-state index is 5.83. The Kier molecular flexibility index (Phi) is 2.92. The molecule has 0 aromatic heterocycles. The minimum absolute atomic E-state index is 0.183. The van der Waals surface area contributed by atoms with Gasteiger partial charge in [0.05, 0.1) is 5.76 Å². The lowest BCUT2D eigenvalue weighted by Crippen LogP contribution is -2.25. The quantitative estimate of drug-likeness (QED) is 0.819. The van der Waals surface area contributed by atoms with E-state index in [9.17, 15) is 0 Å². The summed E-state index contributed by atoms with van der Waals surface area (Å²) in [5.74, 6) is 1.97. The molecule has 0 spiro atoms. The molecule has 92 valence electrons. The van der Waals surface area contributed by atoms with Crippen molar-refractivity contribution in [3.8, 4) is 0 Å². The summed E-state index contributed by atoms with van der Waals surface area (Å²) in [6, 6.07) is 8.74. The van der Waals surface area contributed by atoms with Gasteiger partial charge in [0.15, 0.2) is 0 Å². The fourth-order valence-electron chi connectivity index (χ4n) is 2.27. The highest BCUT2D eigenvalue weighted by molar-refractivity contribution is 7.98. The topological polar surface area (TPSA) is 21.3 Å². The van der Waals surface area contributed by atoms with Gasteiger partial charge < -0.3 is 10.1 Å². The Labute approximate surface area is 111 Å². The monoisotopic (exact) mass is 257 g/mol. The van der Waals surface area contributed by atoms with E-state index < -0.39 is 0 Å². The number of hydrogen-bond acceptors (Lipinski definition) is 3. The highest BCUT2D eigenvalue weighted by Crippen LogP contribution is 2.33. The first-order valence-corrected chi connectivity index (χ1v) is 7.18. The fourth-order valence-corrected chi connectivity index (χ4v) is 2.73. The van der Waals surface area contributed by atoms with Gasteiger partial charge in [-0.25, -0.2) is 0 Å². The molecule has 0 radical (unpaired) electrons. The van der Waals surface area contributed by atoms with E-state index in [0.717, 1.165) is 11.5 Å². The van der Waals surface area contributed by atoms with Crippen molar-refractivity contribution >= 4 is 17.3 Å². The number of thioether (sulfide) groups is 1. The van der Waals surface area contributed by atoms with Crippen LogP contribution in [-0.4, -0.2) is 12.3 Å². The van der Waals surface area contributed by atoms with E-state index in [-0.39, 0.29) is 6.04 Å². The Morgan fingerprint density at radius 3 is 3.06 bits per heavy atom. The van der Waals surface area contributed by atoms with Crippen LogP contribution in [0.5, 0.6) is 0 Å². The van der Waals surface area contributed by atoms with Crippen molar-refractivity contribution in [3.63, 3.8) is 0 Å². The van der Waals surface area contributed by atoms with Crippen LogP contribution in [0.15, 0.2) is 59.0 Å². The predicted octanol–water partition coefficient (Wildman–Crippen LogP) is 3.54. The van der Waals surface area contributed by atoms with E-state index >= 15 is 0 Å². The van der Waals surface area contributed by atoms with E-state index in [1.54, 1.807) is 11.8 Å². The van der Waals surface area contributed by atoms with Crippen molar-refractivity contribution in [2.45, 2.75) is 17.9 Å². The largest absolute Gasteiger partial charge is 0.463 e. The highest BCUT2D eigenvalue weighted by atomic mass is 32.2. The summed E-state index contributed by atoms with van der Waals surface area (Å²) in [5.41, 5.74) is 2.38. The molecular weight excluding hydrogens is 242 g/mol. The Morgan fingerprint density at radius 1 is 1.33 bits per heavy atom. The molecule has 2 aliphatic rings. The van der Waals surface area contributed by atoms with Crippen molar-refractivity contribution in [1.29, 1.82) is 0 Å². The minimum Gasteiger partial charge on any atom is -0.463 e. The van der Waals surface area contributed by atoms with E-state index in [4.69, 9.17) is 4.74 Å². The van der Waals surface area contributed by atoms with E-state index in [1.165, 1.54) is 16.0 Å². The number of fused-ring (bicyclic) bond motifs is 1. The standard InChI is InChI=1S/C15H15NOS/c1-10-8-14-15(17-10)13(6-7-16-14)11-4-3-5-12(9-11)18-2/h3-9,14,16H,1-2H3. The first-order valence-electron chi connectivity index (χ1n) is 5.95. The molecule has 2 nitrogen and oxygen atoms in total. The van der Waals surface area contributed by atoms with Crippen molar-refractivity contribution in [3.05, 3.63) is 59.7 Å². The first kappa shape index (κ1) is 11.5. The molecule has 3 rings (SSSR count). The van der Waals surface area contributed by atoms with Crippen molar-refractivity contribution in [2.75, 3.05) is 6.26 Å². The van der Waals surface area contributed by atoms with Crippen LogP contribution in [0.25, 0.3) is 5.57 Å². The van der Waals surface area contributed by atoms with Crippen LogP contribution in [-0.2, 0) is 4.74 Å². The molecule has 18 heavy (non-hydrogen) atoms. The van der Waals surface area contributed by atoms with Gasteiger partial charge in [0.2, 0.25) is 0 Å². The molecule has 3 heteroatoms. The smallest absolute Gasteiger partial charge is 0.138 e. The third kappa shape index (κ3) is 1.95. The summed E-state index contributed by atoms with van der Waals surface area (Å²) in [5, 5.41) is 3.29. The molecule has 1 N–H and O–H groups in total. The van der Waals surface area contributed by atoms with Gasteiger partial charge >= 0.3 is 0 Å². The summed E-state index contributed by atoms with van der Waals surface area (Å²) in [6.45, 7) is 1.99. The SMILES string of the molecule is CSc1cccc(C2=C3OC(C)=CC3NC=C2)c1. The Bertz CT molecular complexity index is 572. The van der Waals surface area contributed by atoms with Crippen molar-refractivity contribution < 1.29 is 4.74 Å². The molecule has 0 saturated heterocycles. The first-order chi connectivity index (χ1) is 8.78. The maximum Gasteiger partial charge on any atom is 0.138 e. The zero-order valence-corrected chi connectivity index (χ0v) is 11.3. The molecule has 0 amide bonds. The van der Waals surface area contributed by atoms with Gasteiger partial charge in [-0.05, 0) is 49.2 Å². The zero-order chi connectivity index (χ0) is 12.5. The number of hydrogen-bond donors (Lipinski definition) is 1. The molecule has 0 bridgehead atoms. The molecule has 0 saturated carbocycles. The molecule has 0 aliphatic carbocycles. The normalized spacial score (nSPS) is 21.2. The molecular formula is C15H15NOS. The number of allylic oxidation sites excluding steroid dienone is 3. The number of ether oxygens (including phenoxy) is 1. The minimum atomic E-state index is 0.183. The lowest BCUT2D eigenvalue weighted by molar-refractivity contribution is 0.315. The van der Waals surface area contributed by atoms with E-state index in [2.05, 4.69) is 48.0 Å². The van der Waals surface area contributed by atoms with Crippen LogP contribution in [0.4, 0.5) is 0 Å². The Balaban J connectivity index is 2.05. The highest BCUT2D eigenvalue weighted by Gasteiger charge is 2.26. The molecule has 2 heterocycles. The summed E-state index contributed by atoms with van der Waals surface area (Å²) >= 11 is 1.76. The van der Waals surface area contributed by atoms with E-state index in [1.807, 2.05) is 13.1 Å². The number of rotatable bonds is 2. The lowest BCUT2D eigenvalue weighted by atomic mass is 10.00. The van der Waals surface area contributed by atoms with E-state index in [0.29, 0.717) is 0 Å². The second-order valence-electron chi connectivity index (χ2n) is 4.37. The molecule has 1 atom stereocenters. The second kappa shape index (κ2) is 4.58. The van der Waals surface area contributed by atoms with Crippen LogP contribution < -0.4 is 5.32 Å². The number of benzene rings is 1. The molecule has 1 unspecified atom stereocenters. The van der Waals surface area contributed by atoms with Gasteiger partial charge in [-0.15, -0.1) is 11.8 Å². The third-order valence-electron chi connectivity index (χ3n) is 3.13. The third-order valence-corrected chi connectivity index (χ3v) is 3.85. The van der Waals surface area contributed by atoms with Gasteiger partial charge in [0, 0.05) is 10.5 Å². The fraction of sp³-hybridized carbons (Fsp3) is 0.200. The van der Waals surface area contributed by atoms with Crippen LogP contribution in [0.3, 0.4) is 0 Å². The van der Waals surface area contributed by atoms with Crippen LogP contribution in [0.1, 0.15) is 12.5 Å². The summed E-state index contributed by atoms with van der Waals surface area (Å²) in [6.07, 6.45) is 8.28. The van der Waals surface area contributed by atoms with Gasteiger partial charge in [-0.1, -0.05) is 12.1 Å². The van der Waals surface area contributed by atoms with Crippen LogP contribution >= 0.6 is 11.8 Å². The zero-order valence-electron chi connectivity index (χ0n) is 10.4. The average molecular weight is 257 g/mol. The molecule has 1 aromatic rings. The van der Waals surface area contributed by atoms with Crippen molar-refractivity contribution in [2.24, 2.45) is 0 Å². The number of dihydropyridines is 1. The Hall–Kier alpha value is -1.61. The van der Waals surface area contributed by atoms with Crippen LogP contribution in [0, 0.1) is 0 Å². The predicted molar refractivity (Wildman–Crippen MR) is 76.0 cm³/mol. The van der Waals surface area contributed by atoms with Crippen molar-refractivity contribution in [1.82, 2.24) is 5.32 Å². The summed E-state index contributed by atoms with van der Waals surface area (Å²) in [4.78, 5) is 1.27. The summed E-state index contributed by atoms with van der Waals surface area (Å²) < 4.78 is 5.83. The second-order valence-corrected chi connectivity index (χ2v) is 5.25. The Morgan fingerprint density at radius 2 is 2.22 bits per heavy atom. The molecule has 1 aromatic carbocycles. The van der Waals surface area contributed by atoms with Crippen LogP contribution in [0.2, 0.25) is 0 Å².